The Morgan fingerprint density at radius 3 is 2.61 bits per heavy atom. The molecule has 8 heteroatoms. The first kappa shape index (κ1) is 18.9. The Labute approximate surface area is 170 Å². The van der Waals surface area contributed by atoms with Crippen molar-refractivity contribution in [3.05, 3.63) is 53.1 Å². The third-order valence-electron chi connectivity index (χ3n) is 4.46. The van der Waals surface area contributed by atoms with Gasteiger partial charge in [0, 0.05) is 24.1 Å². The van der Waals surface area contributed by atoms with Gasteiger partial charge in [0.25, 0.3) is 11.1 Å². The van der Waals surface area contributed by atoms with Crippen LogP contribution in [0.3, 0.4) is 0 Å². The number of furan rings is 1. The highest BCUT2D eigenvalue weighted by molar-refractivity contribution is 8.18. The molecule has 0 unspecified atom stereocenters. The monoisotopic (exact) mass is 414 g/mol. The Bertz CT molecular complexity index is 933. The largest absolute Gasteiger partial charge is 0.450 e. The molecule has 0 radical (unpaired) electrons. The Morgan fingerprint density at radius 2 is 1.86 bits per heavy atom. The summed E-state index contributed by atoms with van der Waals surface area (Å²) in [5, 5.41) is 0.273. The van der Waals surface area contributed by atoms with Gasteiger partial charge in [-0.05, 0) is 48.9 Å². The smallest absolute Gasteiger partial charge is 0.294 e. The lowest BCUT2D eigenvalue weighted by Gasteiger charge is -2.18. The molecule has 28 heavy (non-hydrogen) atoms. The van der Waals surface area contributed by atoms with Crippen molar-refractivity contribution in [3.8, 4) is 0 Å². The lowest BCUT2D eigenvalue weighted by Crippen LogP contribution is -2.40. The fourth-order valence-corrected chi connectivity index (χ4v) is 4.66. The van der Waals surface area contributed by atoms with Crippen LogP contribution in [0.2, 0.25) is 0 Å². The summed E-state index contributed by atoms with van der Waals surface area (Å²) in [7, 11) is 0. The molecular weight excluding hydrogens is 396 g/mol. The van der Waals surface area contributed by atoms with E-state index in [1.54, 1.807) is 17.0 Å². The molecule has 2 aliphatic rings. The second kappa shape index (κ2) is 8.28. The van der Waals surface area contributed by atoms with Crippen LogP contribution in [0.4, 0.5) is 4.79 Å². The first-order chi connectivity index (χ1) is 13.6. The van der Waals surface area contributed by atoms with Crippen LogP contribution in [0.1, 0.15) is 18.6 Å². The minimum atomic E-state index is -0.448. The van der Waals surface area contributed by atoms with Gasteiger partial charge in [-0.15, -0.1) is 0 Å². The summed E-state index contributed by atoms with van der Waals surface area (Å²) in [5.41, 5.74) is 0. The first-order valence-electron chi connectivity index (χ1n) is 8.96. The van der Waals surface area contributed by atoms with Gasteiger partial charge in [-0.3, -0.25) is 19.3 Å². The molecule has 144 valence electrons. The topological polar surface area (TPSA) is 70.8 Å². The summed E-state index contributed by atoms with van der Waals surface area (Å²) >= 11 is 2.31. The molecule has 0 spiro atoms. The van der Waals surface area contributed by atoms with Crippen molar-refractivity contribution < 1.29 is 18.8 Å². The molecule has 3 amide bonds. The Morgan fingerprint density at radius 1 is 1.11 bits per heavy atom. The Kier molecular flexibility index (Phi) is 5.59. The number of carbonyl (C=O) groups excluding carboxylic acids is 3. The molecule has 2 saturated heterocycles. The van der Waals surface area contributed by atoms with E-state index < -0.39 is 11.1 Å². The second-order valence-corrected chi connectivity index (χ2v) is 8.50. The van der Waals surface area contributed by atoms with Crippen LogP contribution in [0.25, 0.3) is 6.08 Å². The van der Waals surface area contributed by atoms with Crippen LogP contribution in [-0.4, -0.2) is 46.5 Å². The predicted octanol–water partition coefficient (Wildman–Crippen LogP) is 4.09. The van der Waals surface area contributed by atoms with Crippen LogP contribution in [0.5, 0.6) is 0 Å². The van der Waals surface area contributed by atoms with Gasteiger partial charge in [0.05, 0.1) is 4.91 Å². The number of thioether (sulfide) groups is 1. The highest BCUT2D eigenvalue weighted by Gasteiger charge is 2.37. The molecule has 2 aromatic rings. The van der Waals surface area contributed by atoms with Crippen molar-refractivity contribution in [1.29, 1.82) is 0 Å². The average Bonchev–Trinajstić information content (AvgIpc) is 3.42. The molecule has 2 fully saturated rings. The van der Waals surface area contributed by atoms with Crippen molar-refractivity contribution in [1.82, 2.24) is 9.80 Å². The van der Waals surface area contributed by atoms with Gasteiger partial charge in [-0.25, -0.2) is 0 Å². The zero-order chi connectivity index (χ0) is 19.5. The molecule has 2 aliphatic heterocycles. The number of nitrogens with zero attached hydrogens (tertiary/aromatic N) is 2. The molecule has 1 aromatic heterocycles. The van der Waals surface area contributed by atoms with Gasteiger partial charge in [0.15, 0.2) is 5.09 Å². The van der Waals surface area contributed by atoms with Crippen LogP contribution >= 0.6 is 23.5 Å². The minimum absolute atomic E-state index is 0.180. The number of amides is 3. The van der Waals surface area contributed by atoms with Crippen molar-refractivity contribution in [3.63, 3.8) is 0 Å². The van der Waals surface area contributed by atoms with E-state index >= 15 is 0 Å². The van der Waals surface area contributed by atoms with Gasteiger partial charge >= 0.3 is 0 Å². The van der Waals surface area contributed by atoms with Crippen LogP contribution in [-0.2, 0) is 9.59 Å². The molecule has 4 rings (SSSR count). The van der Waals surface area contributed by atoms with Crippen LogP contribution in [0.15, 0.2) is 61.8 Å². The highest BCUT2D eigenvalue weighted by atomic mass is 32.2. The lowest BCUT2D eigenvalue weighted by atomic mass is 10.3. The molecular formula is C20H18N2O4S2. The fourth-order valence-electron chi connectivity index (χ4n) is 3.04. The predicted molar refractivity (Wildman–Crippen MR) is 108 cm³/mol. The number of rotatable bonds is 5. The van der Waals surface area contributed by atoms with E-state index in [1.807, 2.05) is 36.4 Å². The Balaban J connectivity index is 1.43. The summed E-state index contributed by atoms with van der Waals surface area (Å²) in [5.74, 6) is -0.133. The zero-order valence-corrected chi connectivity index (χ0v) is 16.6. The first-order valence-corrected chi connectivity index (χ1v) is 10.6. The molecule has 0 N–H and O–H groups in total. The minimum Gasteiger partial charge on any atom is -0.450 e. The third-order valence-corrected chi connectivity index (χ3v) is 6.30. The van der Waals surface area contributed by atoms with E-state index in [1.165, 1.54) is 11.8 Å². The number of imide groups is 1. The van der Waals surface area contributed by atoms with Crippen molar-refractivity contribution >= 4 is 46.7 Å². The third kappa shape index (κ3) is 4.18. The summed E-state index contributed by atoms with van der Waals surface area (Å²) in [6.45, 7) is 1.19. The zero-order valence-electron chi connectivity index (χ0n) is 15.0. The molecule has 6 nitrogen and oxygen atoms in total. The van der Waals surface area contributed by atoms with E-state index in [0.717, 1.165) is 34.4 Å². The maximum atomic E-state index is 12.6. The molecule has 1 aromatic carbocycles. The summed E-state index contributed by atoms with van der Waals surface area (Å²) in [6.07, 6.45) is 3.49. The van der Waals surface area contributed by atoms with E-state index in [9.17, 15) is 14.4 Å². The van der Waals surface area contributed by atoms with Crippen molar-refractivity contribution in [2.24, 2.45) is 0 Å². The maximum absolute atomic E-state index is 12.6. The summed E-state index contributed by atoms with van der Waals surface area (Å²) in [6, 6.07) is 13.4. The van der Waals surface area contributed by atoms with E-state index in [4.69, 9.17) is 4.42 Å². The van der Waals surface area contributed by atoms with Crippen molar-refractivity contribution in [2.45, 2.75) is 22.8 Å². The number of hydrogen-bond acceptors (Lipinski definition) is 6. The standard InChI is InChI=1S/C20H18N2O4S2/c23-17(21-10-4-5-11-21)13-22-19(24)16(28-20(22)25)12-14-8-9-18(26-14)27-15-6-2-1-3-7-15/h1-3,6-9,12H,4-5,10-11,13H2/b16-12-. The van der Waals surface area contributed by atoms with Crippen molar-refractivity contribution in [2.75, 3.05) is 19.6 Å². The summed E-state index contributed by atoms with van der Waals surface area (Å²) < 4.78 is 5.75. The maximum Gasteiger partial charge on any atom is 0.294 e. The number of carbonyl (C=O) groups is 3. The summed E-state index contributed by atoms with van der Waals surface area (Å²) in [4.78, 5) is 41.1. The van der Waals surface area contributed by atoms with Gasteiger partial charge in [0.2, 0.25) is 5.91 Å². The van der Waals surface area contributed by atoms with E-state index in [-0.39, 0.29) is 17.4 Å². The van der Waals surface area contributed by atoms with E-state index in [2.05, 4.69) is 0 Å². The van der Waals surface area contributed by atoms with Crippen LogP contribution < -0.4 is 0 Å². The number of benzene rings is 1. The number of likely N-dealkylation sites (tertiary alicyclic amines) is 1. The lowest BCUT2D eigenvalue weighted by molar-refractivity contribution is -0.135. The Hall–Kier alpha value is -2.45. The number of hydrogen-bond donors (Lipinski definition) is 0. The van der Waals surface area contributed by atoms with Crippen LogP contribution in [0, 0.1) is 0 Å². The van der Waals surface area contributed by atoms with Gasteiger partial charge < -0.3 is 9.32 Å². The quantitative estimate of drug-likeness (QED) is 0.687. The molecule has 0 atom stereocenters. The van der Waals surface area contributed by atoms with Gasteiger partial charge in [0.1, 0.15) is 12.3 Å². The van der Waals surface area contributed by atoms with E-state index in [0.29, 0.717) is 23.9 Å². The normalized spacial score (nSPS) is 18.5. The second-order valence-electron chi connectivity index (χ2n) is 6.43. The molecule has 3 heterocycles. The fraction of sp³-hybridized carbons (Fsp3) is 0.250. The average molecular weight is 415 g/mol. The molecule has 0 aliphatic carbocycles. The SMILES string of the molecule is O=C(CN1C(=O)S/C(=C\c2ccc(Sc3ccccc3)o2)C1=O)N1CCCC1. The molecule has 0 bridgehead atoms. The molecule has 0 saturated carbocycles. The highest BCUT2D eigenvalue weighted by Crippen LogP contribution is 2.34. The van der Waals surface area contributed by atoms with Gasteiger partial charge in [-0.1, -0.05) is 30.0 Å². The van der Waals surface area contributed by atoms with Gasteiger partial charge in [-0.2, -0.15) is 0 Å².